The van der Waals surface area contributed by atoms with Crippen LogP contribution in [0.2, 0.25) is 5.02 Å². The number of carbonyl (C=O) groups excluding carboxylic acids is 1. The summed E-state index contributed by atoms with van der Waals surface area (Å²) in [6, 6.07) is 12.0. The van der Waals surface area contributed by atoms with Crippen molar-refractivity contribution in [1.82, 2.24) is 9.88 Å². The maximum Gasteiger partial charge on any atom is 0.321 e. The summed E-state index contributed by atoms with van der Waals surface area (Å²) < 4.78 is 6.73. The van der Waals surface area contributed by atoms with Gasteiger partial charge in [0.1, 0.15) is 22.2 Å². The van der Waals surface area contributed by atoms with Gasteiger partial charge in [0.2, 0.25) is 0 Å². The van der Waals surface area contributed by atoms with Gasteiger partial charge >= 0.3 is 5.97 Å². The van der Waals surface area contributed by atoms with Gasteiger partial charge in [-0.2, -0.15) is 0 Å². The molecule has 0 amide bonds. The average molecular weight is 413 g/mol. The molecule has 2 aliphatic heterocycles. The third-order valence-corrected chi connectivity index (χ3v) is 7.03. The lowest BCUT2D eigenvalue weighted by atomic mass is 9.95. The first-order valence-corrected chi connectivity index (χ1v) is 11.0. The fourth-order valence-electron chi connectivity index (χ4n) is 4.09. The summed E-state index contributed by atoms with van der Waals surface area (Å²) in [6.45, 7) is 3.23. The Hall–Kier alpha value is -1.95. The smallest absolute Gasteiger partial charge is 0.321 e. The highest BCUT2D eigenvalue weighted by Gasteiger charge is 2.32. The first kappa shape index (κ1) is 18.1. The van der Waals surface area contributed by atoms with Crippen molar-refractivity contribution in [2.24, 2.45) is 0 Å². The van der Waals surface area contributed by atoms with Crippen molar-refractivity contribution in [3.63, 3.8) is 0 Å². The molecule has 1 unspecified atom stereocenters. The number of hydrogen-bond donors (Lipinski definition) is 0. The molecule has 2 aliphatic rings. The molecule has 28 heavy (non-hydrogen) atoms. The van der Waals surface area contributed by atoms with Gasteiger partial charge in [-0.05, 0) is 61.7 Å². The largest absolute Gasteiger partial charge is 0.426 e. The van der Waals surface area contributed by atoms with Crippen LogP contribution in [0.1, 0.15) is 41.3 Å². The van der Waals surface area contributed by atoms with E-state index >= 15 is 0 Å². The fourth-order valence-corrected chi connectivity index (χ4v) is 5.44. The molecule has 1 atom stereocenters. The van der Waals surface area contributed by atoms with Crippen LogP contribution in [0, 0.1) is 0 Å². The normalized spacial score (nSPS) is 20.2. The van der Waals surface area contributed by atoms with Crippen molar-refractivity contribution in [1.29, 1.82) is 0 Å². The SMILES string of the molecule is O=C1Oc2cc(CN3CCCCC3)ccc2CC1c1nc2c(Cl)cccc2s1. The topological polar surface area (TPSA) is 42.4 Å². The number of likely N-dealkylation sites (tertiary alicyclic amines) is 1. The molecule has 0 saturated carbocycles. The Morgan fingerprint density at radius 2 is 2.04 bits per heavy atom. The number of piperidine rings is 1. The minimum atomic E-state index is -0.367. The van der Waals surface area contributed by atoms with Gasteiger partial charge in [-0.25, -0.2) is 4.98 Å². The van der Waals surface area contributed by atoms with Gasteiger partial charge in [-0.3, -0.25) is 9.69 Å². The number of hydrogen-bond acceptors (Lipinski definition) is 5. The van der Waals surface area contributed by atoms with E-state index in [2.05, 4.69) is 22.0 Å². The summed E-state index contributed by atoms with van der Waals surface area (Å²) in [5, 5.41) is 1.39. The summed E-state index contributed by atoms with van der Waals surface area (Å²) in [4.78, 5) is 19.8. The molecule has 0 radical (unpaired) electrons. The first-order valence-electron chi connectivity index (χ1n) is 9.78. The average Bonchev–Trinajstić information content (AvgIpc) is 3.14. The molecule has 0 spiro atoms. The minimum absolute atomic E-state index is 0.224. The van der Waals surface area contributed by atoms with Crippen LogP contribution < -0.4 is 4.74 Å². The van der Waals surface area contributed by atoms with Crippen LogP contribution in [0.4, 0.5) is 0 Å². The van der Waals surface area contributed by atoms with E-state index in [4.69, 9.17) is 16.3 Å². The molecule has 3 heterocycles. The van der Waals surface area contributed by atoms with Crippen molar-refractivity contribution < 1.29 is 9.53 Å². The van der Waals surface area contributed by atoms with Crippen LogP contribution >= 0.6 is 22.9 Å². The van der Waals surface area contributed by atoms with Crippen LogP contribution in [0.25, 0.3) is 10.2 Å². The van der Waals surface area contributed by atoms with E-state index in [0.29, 0.717) is 17.2 Å². The summed E-state index contributed by atoms with van der Waals surface area (Å²) >= 11 is 7.77. The zero-order valence-corrected chi connectivity index (χ0v) is 17.1. The Morgan fingerprint density at radius 3 is 2.86 bits per heavy atom. The number of aromatic nitrogens is 1. The summed E-state index contributed by atoms with van der Waals surface area (Å²) in [7, 11) is 0. The van der Waals surface area contributed by atoms with Crippen LogP contribution in [0.15, 0.2) is 36.4 Å². The molecule has 1 aromatic heterocycles. The number of para-hydroxylation sites is 1. The molecule has 144 valence electrons. The van der Waals surface area contributed by atoms with Crippen molar-refractivity contribution in [2.75, 3.05) is 13.1 Å². The van der Waals surface area contributed by atoms with Crippen LogP contribution in [0.3, 0.4) is 0 Å². The molecule has 2 aromatic carbocycles. The Kier molecular flexibility index (Phi) is 4.83. The number of fused-ring (bicyclic) bond motifs is 2. The summed E-state index contributed by atoms with van der Waals surface area (Å²) in [5.74, 6) is 0.113. The number of esters is 1. The van der Waals surface area contributed by atoms with E-state index in [1.165, 1.54) is 36.2 Å². The number of carbonyl (C=O) groups is 1. The second kappa shape index (κ2) is 7.47. The first-order chi connectivity index (χ1) is 13.7. The minimum Gasteiger partial charge on any atom is -0.426 e. The molecular weight excluding hydrogens is 392 g/mol. The van der Waals surface area contributed by atoms with Gasteiger partial charge < -0.3 is 4.74 Å². The zero-order chi connectivity index (χ0) is 19.1. The van der Waals surface area contributed by atoms with Crippen LogP contribution in [-0.4, -0.2) is 28.9 Å². The lowest BCUT2D eigenvalue weighted by Crippen LogP contribution is -2.29. The Balaban J connectivity index is 1.39. The fraction of sp³-hybridized carbons (Fsp3) is 0.364. The van der Waals surface area contributed by atoms with E-state index in [9.17, 15) is 4.79 Å². The van der Waals surface area contributed by atoms with Crippen LogP contribution in [-0.2, 0) is 17.8 Å². The van der Waals surface area contributed by atoms with Gasteiger partial charge in [0.15, 0.2) is 0 Å². The molecule has 0 bridgehead atoms. The number of thiazole rings is 1. The maximum absolute atomic E-state index is 12.7. The number of rotatable bonds is 3. The van der Waals surface area contributed by atoms with Gasteiger partial charge in [0.05, 0.1) is 9.72 Å². The van der Waals surface area contributed by atoms with Gasteiger partial charge in [0, 0.05) is 6.54 Å². The molecule has 0 N–H and O–H groups in total. The summed E-state index contributed by atoms with van der Waals surface area (Å²) in [6.07, 6.45) is 4.49. The van der Waals surface area contributed by atoms with Gasteiger partial charge in [-0.1, -0.05) is 36.2 Å². The van der Waals surface area contributed by atoms with E-state index in [1.54, 1.807) is 0 Å². The van der Waals surface area contributed by atoms with Gasteiger partial charge in [0.25, 0.3) is 0 Å². The standard InChI is InChI=1S/C22H21ClN2O2S/c23-17-5-4-6-19-20(17)24-21(28-19)16-12-15-8-7-14(11-18(15)27-22(16)26)13-25-9-2-1-3-10-25/h4-8,11,16H,1-3,9-10,12-13H2. The highest BCUT2D eigenvalue weighted by atomic mass is 35.5. The maximum atomic E-state index is 12.7. The van der Waals surface area contributed by atoms with Crippen LogP contribution in [0.5, 0.6) is 5.75 Å². The van der Waals surface area contributed by atoms with E-state index in [0.717, 1.165) is 40.4 Å². The molecule has 4 nitrogen and oxygen atoms in total. The Labute approximate surface area is 173 Å². The Bertz CT molecular complexity index is 1040. The number of nitrogens with zero attached hydrogens (tertiary/aromatic N) is 2. The third kappa shape index (κ3) is 3.43. The number of ether oxygens (including phenoxy) is 1. The second-order valence-electron chi connectivity index (χ2n) is 7.60. The molecule has 0 aliphatic carbocycles. The quantitative estimate of drug-likeness (QED) is 0.439. The molecule has 1 fully saturated rings. The number of halogens is 1. The third-order valence-electron chi connectivity index (χ3n) is 5.59. The number of benzene rings is 2. The second-order valence-corrected chi connectivity index (χ2v) is 9.06. The zero-order valence-electron chi connectivity index (χ0n) is 15.5. The molecular formula is C22H21ClN2O2S. The highest BCUT2D eigenvalue weighted by Crippen LogP contribution is 2.38. The molecule has 6 heteroatoms. The van der Waals surface area contributed by atoms with E-state index < -0.39 is 0 Å². The van der Waals surface area contributed by atoms with Crippen molar-refractivity contribution >= 4 is 39.1 Å². The van der Waals surface area contributed by atoms with E-state index in [-0.39, 0.29) is 11.9 Å². The van der Waals surface area contributed by atoms with E-state index in [1.807, 2.05) is 24.3 Å². The highest BCUT2D eigenvalue weighted by molar-refractivity contribution is 7.18. The lowest BCUT2D eigenvalue weighted by molar-refractivity contribution is -0.137. The lowest BCUT2D eigenvalue weighted by Gasteiger charge is -2.27. The molecule has 3 aromatic rings. The Morgan fingerprint density at radius 1 is 1.18 bits per heavy atom. The van der Waals surface area contributed by atoms with Crippen molar-refractivity contribution in [3.8, 4) is 5.75 Å². The van der Waals surface area contributed by atoms with Crippen molar-refractivity contribution in [2.45, 2.75) is 38.1 Å². The predicted molar refractivity (Wildman–Crippen MR) is 112 cm³/mol. The van der Waals surface area contributed by atoms with Gasteiger partial charge in [-0.15, -0.1) is 11.3 Å². The van der Waals surface area contributed by atoms with Crippen molar-refractivity contribution in [3.05, 3.63) is 57.6 Å². The predicted octanol–water partition coefficient (Wildman–Crippen LogP) is 5.18. The molecule has 1 saturated heterocycles. The molecule has 5 rings (SSSR count). The monoisotopic (exact) mass is 412 g/mol. The summed E-state index contributed by atoms with van der Waals surface area (Å²) in [5.41, 5.74) is 3.04.